The Hall–Kier alpha value is -2.11. The van der Waals surface area contributed by atoms with Crippen molar-refractivity contribution < 1.29 is 14.3 Å². The standard InChI is InChI=1S/C17H21ClN2O3.C2H6.CH4/c1-5-15(18)14(11(2)3)10-23-13-7-6-12(20-9-13)8-16(19)17(21)22-4;1-2;/h5-7,9,16H,1-2,8,10,19H2,3-4H3;1-2H3;1H4/b15-14+;;/t16-;;/m0../s1. The molecule has 0 saturated carbocycles. The first kappa shape index (κ1) is 26.1. The van der Waals surface area contributed by atoms with E-state index in [9.17, 15) is 4.79 Å². The first-order valence-electron chi connectivity index (χ1n) is 7.97. The van der Waals surface area contributed by atoms with Gasteiger partial charge in [-0.25, -0.2) is 0 Å². The van der Waals surface area contributed by atoms with Crippen molar-refractivity contribution in [3.8, 4) is 5.75 Å². The smallest absolute Gasteiger partial charge is 0.323 e. The van der Waals surface area contributed by atoms with Crippen molar-refractivity contribution in [3.05, 3.63) is 59.4 Å². The van der Waals surface area contributed by atoms with Gasteiger partial charge in [0, 0.05) is 22.7 Å². The molecule has 0 aliphatic rings. The van der Waals surface area contributed by atoms with Gasteiger partial charge in [-0.3, -0.25) is 9.78 Å². The van der Waals surface area contributed by atoms with Crippen LogP contribution in [0.5, 0.6) is 5.75 Å². The van der Waals surface area contributed by atoms with Crippen LogP contribution in [0.2, 0.25) is 0 Å². The van der Waals surface area contributed by atoms with Gasteiger partial charge in [-0.05, 0) is 19.1 Å². The van der Waals surface area contributed by atoms with Crippen LogP contribution < -0.4 is 10.5 Å². The zero-order valence-electron chi connectivity index (χ0n) is 15.3. The SMILES string of the molecule is C.C=C/C(Cl)=C(/COc1ccc(C[C@H](N)C(=O)OC)nc1)C(=C)C.CC. The Balaban J connectivity index is 0. The molecule has 0 bridgehead atoms. The van der Waals surface area contributed by atoms with Crippen molar-refractivity contribution in [2.45, 2.75) is 40.7 Å². The largest absolute Gasteiger partial charge is 0.487 e. The van der Waals surface area contributed by atoms with Gasteiger partial charge >= 0.3 is 5.97 Å². The van der Waals surface area contributed by atoms with E-state index in [1.54, 1.807) is 24.4 Å². The van der Waals surface area contributed by atoms with Crippen molar-refractivity contribution in [2.75, 3.05) is 13.7 Å². The number of rotatable bonds is 8. The molecule has 0 aliphatic heterocycles. The number of halogens is 1. The van der Waals surface area contributed by atoms with Gasteiger partial charge in [0.15, 0.2) is 0 Å². The highest BCUT2D eigenvalue weighted by Crippen LogP contribution is 2.19. The molecule has 146 valence electrons. The molecular weight excluding hydrogens is 352 g/mol. The van der Waals surface area contributed by atoms with E-state index in [4.69, 9.17) is 22.1 Å². The fourth-order valence-corrected chi connectivity index (χ4v) is 1.97. The maximum atomic E-state index is 11.3. The highest BCUT2D eigenvalue weighted by molar-refractivity contribution is 6.31. The summed E-state index contributed by atoms with van der Waals surface area (Å²) in [5.41, 5.74) is 7.95. The van der Waals surface area contributed by atoms with E-state index >= 15 is 0 Å². The average molecular weight is 383 g/mol. The van der Waals surface area contributed by atoms with E-state index in [-0.39, 0.29) is 14.0 Å². The van der Waals surface area contributed by atoms with Gasteiger partial charge in [0.25, 0.3) is 0 Å². The third kappa shape index (κ3) is 8.83. The average Bonchev–Trinajstić information content (AvgIpc) is 2.63. The summed E-state index contributed by atoms with van der Waals surface area (Å²) in [5.74, 6) is 0.107. The second-order valence-corrected chi connectivity index (χ2v) is 5.33. The van der Waals surface area contributed by atoms with Gasteiger partial charge in [0.1, 0.15) is 18.4 Å². The second-order valence-electron chi connectivity index (χ2n) is 4.92. The minimum absolute atomic E-state index is 0. The molecule has 0 radical (unpaired) electrons. The van der Waals surface area contributed by atoms with Crippen molar-refractivity contribution in [1.29, 1.82) is 0 Å². The van der Waals surface area contributed by atoms with Gasteiger partial charge in [-0.15, -0.1) is 0 Å². The predicted molar refractivity (Wildman–Crippen MR) is 109 cm³/mol. The summed E-state index contributed by atoms with van der Waals surface area (Å²) < 4.78 is 10.2. The van der Waals surface area contributed by atoms with Crippen LogP contribution in [0.4, 0.5) is 0 Å². The molecule has 0 spiro atoms. The molecule has 1 aromatic heterocycles. The number of aromatic nitrogens is 1. The quantitative estimate of drug-likeness (QED) is 0.532. The molecule has 0 saturated heterocycles. The van der Waals surface area contributed by atoms with Crippen LogP contribution in [0.15, 0.2) is 53.7 Å². The number of esters is 1. The third-order valence-electron chi connectivity index (χ3n) is 3.10. The molecule has 5 nitrogen and oxygen atoms in total. The molecule has 0 fully saturated rings. The first-order chi connectivity index (χ1) is 11.9. The van der Waals surface area contributed by atoms with E-state index in [0.29, 0.717) is 22.9 Å². The molecule has 26 heavy (non-hydrogen) atoms. The van der Waals surface area contributed by atoms with E-state index in [1.165, 1.54) is 7.11 Å². The molecule has 0 aliphatic carbocycles. The van der Waals surface area contributed by atoms with E-state index in [1.807, 2.05) is 20.8 Å². The van der Waals surface area contributed by atoms with Gasteiger partial charge < -0.3 is 15.2 Å². The first-order valence-corrected chi connectivity index (χ1v) is 8.35. The van der Waals surface area contributed by atoms with Crippen LogP contribution in [0.25, 0.3) is 0 Å². The minimum atomic E-state index is -0.733. The third-order valence-corrected chi connectivity index (χ3v) is 3.48. The highest BCUT2D eigenvalue weighted by Gasteiger charge is 2.15. The Bertz CT molecular complexity index is 610. The summed E-state index contributed by atoms with van der Waals surface area (Å²) in [7, 11) is 1.30. The molecule has 0 unspecified atom stereocenters. The van der Waals surface area contributed by atoms with Gasteiger partial charge in [-0.1, -0.05) is 57.7 Å². The lowest BCUT2D eigenvalue weighted by molar-refractivity contribution is -0.142. The molecular formula is C20H31ClN2O3. The number of methoxy groups -OCH3 is 1. The van der Waals surface area contributed by atoms with Crippen molar-refractivity contribution in [1.82, 2.24) is 4.98 Å². The monoisotopic (exact) mass is 382 g/mol. The predicted octanol–water partition coefficient (Wildman–Crippen LogP) is 4.42. The van der Waals surface area contributed by atoms with Crippen LogP contribution >= 0.6 is 11.6 Å². The van der Waals surface area contributed by atoms with E-state index < -0.39 is 12.0 Å². The minimum Gasteiger partial charge on any atom is -0.487 e. The number of allylic oxidation sites excluding steroid dienone is 2. The van der Waals surface area contributed by atoms with Crippen LogP contribution in [0, 0.1) is 0 Å². The van der Waals surface area contributed by atoms with Gasteiger partial charge in [-0.2, -0.15) is 0 Å². The second kappa shape index (κ2) is 14.1. The fourth-order valence-electron chi connectivity index (χ4n) is 1.75. The summed E-state index contributed by atoms with van der Waals surface area (Å²) in [6.45, 7) is 13.6. The molecule has 2 N–H and O–H groups in total. The van der Waals surface area contributed by atoms with Gasteiger partial charge in [0.2, 0.25) is 0 Å². The van der Waals surface area contributed by atoms with Gasteiger partial charge in [0.05, 0.1) is 13.3 Å². The Labute approximate surface area is 162 Å². The number of carbonyl (C=O) groups is 1. The fraction of sp³-hybridized carbons (Fsp3) is 0.400. The summed E-state index contributed by atoms with van der Waals surface area (Å²) in [4.78, 5) is 15.5. The molecule has 1 atom stereocenters. The van der Waals surface area contributed by atoms with Crippen molar-refractivity contribution in [2.24, 2.45) is 5.73 Å². The van der Waals surface area contributed by atoms with Crippen LogP contribution in [-0.2, 0) is 16.0 Å². The number of ether oxygens (including phenoxy) is 2. The van der Waals surface area contributed by atoms with Crippen LogP contribution in [0.3, 0.4) is 0 Å². The molecule has 0 amide bonds. The maximum Gasteiger partial charge on any atom is 0.323 e. The lowest BCUT2D eigenvalue weighted by Gasteiger charge is -2.12. The number of nitrogens with two attached hydrogens (primary N) is 1. The van der Waals surface area contributed by atoms with Crippen molar-refractivity contribution in [3.63, 3.8) is 0 Å². The summed E-state index contributed by atoms with van der Waals surface area (Å²) in [6, 6.07) is 2.77. The summed E-state index contributed by atoms with van der Waals surface area (Å²) in [6.07, 6.45) is 3.41. The normalized spacial score (nSPS) is 11.6. The van der Waals surface area contributed by atoms with Crippen LogP contribution in [-0.4, -0.2) is 30.7 Å². The maximum absolute atomic E-state index is 11.3. The highest BCUT2D eigenvalue weighted by atomic mass is 35.5. The number of pyridine rings is 1. The molecule has 1 rings (SSSR count). The Morgan fingerprint density at radius 2 is 2.04 bits per heavy atom. The number of hydrogen-bond donors (Lipinski definition) is 1. The van der Waals surface area contributed by atoms with Crippen molar-refractivity contribution >= 4 is 17.6 Å². The molecule has 0 aromatic carbocycles. The molecule has 1 aromatic rings. The molecule has 6 heteroatoms. The Morgan fingerprint density at radius 1 is 1.42 bits per heavy atom. The number of carbonyl (C=O) groups excluding carboxylic acids is 1. The Morgan fingerprint density at radius 3 is 2.46 bits per heavy atom. The zero-order chi connectivity index (χ0) is 19.4. The van der Waals surface area contributed by atoms with E-state index in [2.05, 4.69) is 22.9 Å². The topological polar surface area (TPSA) is 74.4 Å². The summed E-state index contributed by atoms with van der Waals surface area (Å²) in [5, 5.41) is 0.506. The number of hydrogen-bond acceptors (Lipinski definition) is 5. The lowest BCUT2D eigenvalue weighted by atomic mass is 10.1. The van der Waals surface area contributed by atoms with E-state index in [0.717, 1.165) is 11.1 Å². The Kier molecular flexibility index (Phi) is 14.2. The summed E-state index contributed by atoms with van der Waals surface area (Å²) >= 11 is 6.07. The zero-order valence-corrected chi connectivity index (χ0v) is 16.1. The lowest BCUT2D eigenvalue weighted by Crippen LogP contribution is -2.33. The molecule has 1 heterocycles. The van der Waals surface area contributed by atoms with Crippen LogP contribution in [0.1, 0.15) is 33.9 Å². The number of nitrogens with zero attached hydrogens (tertiary/aromatic N) is 1.